The normalized spacial score (nSPS) is 9.00. The minimum Gasteiger partial charge on any atom is -0.324 e. The lowest BCUT2D eigenvalue weighted by molar-refractivity contribution is 0.625. The van der Waals surface area contributed by atoms with E-state index in [0.29, 0.717) is 13.0 Å². The minimum atomic E-state index is -0.232. The van der Waals surface area contributed by atoms with Gasteiger partial charge in [-0.05, 0) is 24.1 Å². The zero-order valence-corrected chi connectivity index (χ0v) is 6.55. The second-order valence-electron chi connectivity index (χ2n) is 2.42. The molecule has 0 aliphatic carbocycles. The Morgan fingerprint density at radius 2 is 2.33 bits per heavy atom. The summed E-state index contributed by atoms with van der Waals surface area (Å²) in [5.41, 5.74) is 0.901. The highest BCUT2D eigenvalue weighted by Crippen LogP contribution is 2.03. The highest BCUT2D eigenvalue weighted by Gasteiger charge is 1.93. The summed E-state index contributed by atoms with van der Waals surface area (Å²) >= 11 is 0. The van der Waals surface area contributed by atoms with Gasteiger partial charge in [-0.25, -0.2) is 4.39 Å². The minimum absolute atomic E-state index is 0.232. The van der Waals surface area contributed by atoms with Crippen LogP contribution in [0.25, 0.3) is 0 Å². The number of nitrogens with zero attached hydrogens (tertiary/aromatic N) is 1. The molecule has 0 radical (unpaired) electrons. The van der Waals surface area contributed by atoms with E-state index < -0.39 is 0 Å². The molecule has 0 aliphatic heterocycles. The molecule has 0 spiro atoms. The second kappa shape index (κ2) is 4.35. The van der Waals surface area contributed by atoms with Crippen LogP contribution in [0.2, 0.25) is 0 Å². The maximum atomic E-state index is 12.6. The molecule has 12 heavy (non-hydrogen) atoms. The van der Waals surface area contributed by atoms with Crippen molar-refractivity contribution >= 4 is 0 Å². The van der Waals surface area contributed by atoms with Crippen LogP contribution in [0.3, 0.4) is 0 Å². The van der Waals surface area contributed by atoms with Gasteiger partial charge in [0, 0.05) is 6.54 Å². The van der Waals surface area contributed by atoms with Gasteiger partial charge in [0.15, 0.2) is 6.19 Å². The Balaban J connectivity index is 2.48. The fourth-order valence-corrected chi connectivity index (χ4v) is 0.955. The smallest absolute Gasteiger partial charge is 0.176 e. The van der Waals surface area contributed by atoms with Crippen molar-refractivity contribution in [2.45, 2.75) is 6.42 Å². The summed E-state index contributed by atoms with van der Waals surface area (Å²) in [6, 6.07) is 6.37. The molecule has 62 valence electrons. The van der Waals surface area contributed by atoms with Gasteiger partial charge in [0.1, 0.15) is 5.82 Å². The van der Waals surface area contributed by atoms with Crippen LogP contribution in [0, 0.1) is 17.3 Å². The third kappa shape index (κ3) is 2.59. The third-order valence-corrected chi connectivity index (χ3v) is 1.51. The predicted octanol–water partition coefficient (Wildman–Crippen LogP) is 1.44. The molecular weight excluding hydrogens is 154 g/mol. The van der Waals surface area contributed by atoms with E-state index in [-0.39, 0.29) is 5.82 Å². The Labute approximate surface area is 70.6 Å². The summed E-state index contributed by atoms with van der Waals surface area (Å²) in [5.74, 6) is -0.232. The first kappa shape index (κ1) is 8.54. The van der Waals surface area contributed by atoms with Gasteiger partial charge in [-0.1, -0.05) is 12.1 Å². The van der Waals surface area contributed by atoms with Gasteiger partial charge in [-0.15, -0.1) is 0 Å². The predicted molar refractivity (Wildman–Crippen MR) is 43.7 cm³/mol. The molecule has 0 saturated heterocycles. The maximum absolute atomic E-state index is 12.6. The second-order valence-corrected chi connectivity index (χ2v) is 2.42. The highest BCUT2D eigenvalue weighted by molar-refractivity contribution is 5.16. The van der Waals surface area contributed by atoms with E-state index in [4.69, 9.17) is 5.26 Å². The topological polar surface area (TPSA) is 35.8 Å². The average Bonchev–Trinajstić information content (AvgIpc) is 2.05. The lowest BCUT2D eigenvalue weighted by Gasteiger charge is -1.98. The summed E-state index contributed by atoms with van der Waals surface area (Å²) in [6.45, 7) is 0.556. The third-order valence-electron chi connectivity index (χ3n) is 1.51. The zero-order chi connectivity index (χ0) is 8.81. The van der Waals surface area contributed by atoms with E-state index in [1.54, 1.807) is 6.07 Å². The Bertz CT molecular complexity index is 291. The van der Waals surface area contributed by atoms with Crippen molar-refractivity contribution in [2.24, 2.45) is 0 Å². The van der Waals surface area contributed by atoms with Crippen molar-refractivity contribution in [1.29, 1.82) is 5.26 Å². The van der Waals surface area contributed by atoms with Crippen molar-refractivity contribution in [3.05, 3.63) is 35.6 Å². The summed E-state index contributed by atoms with van der Waals surface area (Å²) in [5, 5.41) is 10.7. The number of rotatable bonds is 3. The molecule has 1 aromatic rings. The molecular formula is C9H9FN2. The molecule has 0 saturated carbocycles. The Morgan fingerprint density at radius 1 is 1.50 bits per heavy atom. The van der Waals surface area contributed by atoms with Gasteiger partial charge in [0.25, 0.3) is 0 Å². The Hall–Kier alpha value is -1.56. The van der Waals surface area contributed by atoms with Gasteiger partial charge in [-0.3, -0.25) is 0 Å². The van der Waals surface area contributed by atoms with E-state index in [1.807, 2.05) is 12.3 Å². The molecule has 3 heteroatoms. The van der Waals surface area contributed by atoms with Crippen LogP contribution in [-0.4, -0.2) is 6.54 Å². The van der Waals surface area contributed by atoms with Crippen LogP contribution in [-0.2, 0) is 6.42 Å². The number of benzene rings is 1. The van der Waals surface area contributed by atoms with Crippen molar-refractivity contribution in [2.75, 3.05) is 6.54 Å². The summed E-state index contributed by atoms with van der Waals surface area (Å²) < 4.78 is 12.6. The van der Waals surface area contributed by atoms with Crippen molar-refractivity contribution in [3.63, 3.8) is 0 Å². The van der Waals surface area contributed by atoms with Crippen molar-refractivity contribution in [1.82, 2.24) is 5.32 Å². The molecule has 0 aromatic heterocycles. The van der Waals surface area contributed by atoms with Crippen LogP contribution in [0.15, 0.2) is 24.3 Å². The van der Waals surface area contributed by atoms with E-state index in [2.05, 4.69) is 5.32 Å². The van der Waals surface area contributed by atoms with Crippen LogP contribution in [0.4, 0.5) is 4.39 Å². The largest absolute Gasteiger partial charge is 0.324 e. The van der Waals surface area contributed by atoms with Crippen molar-refractivity contribution < 1.29 is 4.39 Å². The number of hydrogen-bond acceptors (Lipinski definition) is 2. The molecule has 0 aliphatic rings. The van der Waals surface area contributed by atoms with E-state index in [1.165, 1.54) is 12.1 Å². The molecule has 0 amide bonds. The fourth-order valence-electron chi connectivity index (χ4n) is 0.955. The first-order chi connectivity index (χ1) is 5.83. The van der Waals surface area contributed by atoms with Crippen LogP contribution in [0.1, 0.15) is 5.56 Å². The van der Waals surface area contributed by atoms with Gasteiger partial charge in [0.2, 0.25) is 0 Å². The number of nitriles is 1. The monoisotopic (exact) mass is 163 g/mol. The average molecular weight is 163 g/mol. The molecule has 0 heterocycles. The zero-order valence-electron chi connectivity index (χ0n) is 6.55. The summed E-state index contributed by atoms with van der Waals surface area (Å²) in [4.78, 5) is 0. The van der Waals surface area contributed by atoms with Crippen LogP contribution < -0.4 is 5.32 Å². The molecule has 0 atom stereocenters. The first-order valence-electron chi connectivity index (χ1n) is 3.69. The van der Waals surface area contributed by atoms with Gasteiger partial charge >= 0.3 is 0 Å². The fraction of sp³-hybridized carbons (Fsp3) is 0.222. The Kier molecular flexibility index (Phi) is 3.09. The lowest BCUT2D eigenvalue weighted by Crippen LogP contribution is -2.09. The molecule has 1 rings (SSSR count). The number of nitrogens with one attached hydrogen (secondary N) is 1. The van der Waals surface area contributed by atoms with Gasteiger partial charge in [-0.2, -0.15) is 5.26 Å². The van der Waals surface area contributed by atoms with Gasteiger partial charge in [0.05, 0.1) is 0 Å². The van der Waals surface area contributed by atoms with Crippen LogP contribution >= 0.6 is 0 Å². The quantitative estimate of drug-likeness (QED) is 0.415. The van der Waals surface area contributed by atoms with E-state index >= 15 is 0 Å². The molecule has 0 unspecified atom stereocenters. The molecule has 0 fully saturated rings. The molecule has 1 aromatic carbocycles. The van der Waals surface area contributed by atoms with E-state index in [0.717, 1.165) is 5.56 Å². The first-order valence-corrected chi connectivity index (χ1v) is 3.69. The molecule has 1 N–H and O–H groups in total. The molecule has 2 nitrogen and oxygen atoms in total. The standard InChI is InChI=1S/C9H9FN2/c10-9-3-1-2-8(6-9)4-5-12-7-11/h1-3,6,12H,4-5H2/i7-1. The van der Waals surface area contributed by atoms with Gasteiger partial charge < -0.3 is 5.32 Å². The maximum Gasteiger partial charge on any atom is 0.176 e. The molecule has 0 bridgehead atoms. The SMILES string of the molecule is N#[11C]NCCc1cccc(F)c1. The summed E-state index contributed by atoms with van der Waals surface area (Å²) in [7, 11) is 0. The Morgan fingerprint density at radius 3 is 3.00 bits per heavy atom. The van der Waals surface area contributed by atoms with Crippen LogP contribution in [0.5, 0.6) is 0 Å². The highest BCUT2D eigenvalue weighted by atomic mass is 19.1. The summed E-state index contributed by atoms with van der Waals surface area (Å²) in [6.07, 6.45) is 2.48. The number of hydrogen-bond donors (Lipinski definition) is 1. The van der Waals surface area contributed by atoms with E-state index in [9.17, 15) is 4.39 Å². The number of halogens is 1. The lowest BCUT2D eigenvalue weighted by atomic mass is 10.1. The van der Waals surface area contributed by atoms with Crippen molar-refractivity contribution in [3.8, 4) is 6.19 Å².